The molecule has 0 bridgehead atoms. The number of aliphatic hydroxyl groups is 1. The van der Waals surface area contributed by atoms with Crippen molar-refractivity contribution in [2.45, 2.75) is 31.5 Å². The molecule has 0 aliphatic rings. The van der Waals surface area contributed by atoms with E-state index in [9.17, 15) is 23.1 Å². The number of amides is 1. The van der Waals surface area contributed by atoms with E-state index in [1.54, 1.807) is 13.1 Å². The van der Waals surface area contributed by atoms with E-state index in [0.29, 0.717) is 12.1 Å². The molecule has 0 spiro atoms. The van der Waals surface area contributed by atoms with Crippen molar-refractivity contribution in [1.29, 1.82) is 0 Å². The number of imidazole rings is 1. The summed E-state index contributed by atoms with van der Waals surface area (Å²) in [6.07, 6.45) is -3.28. The minimum absolute atomic E-state index is 0.251. The molecule has 2 aromatic rings. The summed E-state index contributed by atoms with van der Waals surface area (Å²) >= 11 is 0. The number of hydrogen-bond acceptors (Lipinski definition) is 4. The molecular weight excluding hydrogens is 327 g/mol. The fraction of sp³-hybridized carbons (Fsp3) is 0.500. The van der Waals surface area contributed by atoms with Crippen LogP contribution in [0, 0.1) is 0 Å². The normalized spacial score (nSPS) is 14.5. The van der Waals surface area contributed by atoms with Crippen LogP contribution in [0.25, 0.3) is 0 Å². The minimum Gasteiger partial charge on any atom is -0.374 e. The molecule has 0 fully saturated rings. The highest BCUT2D eigenvalue weighted by Crippen LogP contribution is 2.40. The van der Waals surface area contributed by atoms with E-state index in [0.717, 1.165) is 10.8 Å². The molecule has 0 saturated carbocycles. The van der Waals surface area contributed by atoms with Crippen LogP contribution < -0.4 is 5.32 Å². The van der Waals surface area contributed by atoms with Gasteiger partial charge in [-0.1, -0.05) is 6.92 Å². The molecule has 2 heterocycles. The van der Waals surface area contributed by atoms with Crippen molar-refractivity contribution in [3.63, 3.8) is 0 Å². The van der Waals surface area contributed by atoms with E-state index < -0.39 is 29.9 Å². The molecule has 1 unspecified atom stereocenters. The topological polar surface area (TPSA) is 85.0 Å². The van der Waals surface area contributed by atoms with Gasteiger partial charge in [-0.2, -0.15) is 18.3 Å². The van der Waals surface area contributed by atoms with Crippen molar-refractivity contribution in [2.24, 2.45) is 14.1 Å². The lowest BCUT2D eigenvalue weighted by Gasteiger charge is -2.29. The quantitative estimate of drug-likeness (QED) is 0.860. The maximum Gasteiger partial charge on any atom is 0.425 e. The molecule has 132 valence electrons. The van der Waals surface area contributed by atoms with Gasteiger partial charge in [0.2, 0.25) is 11.5 Å². The maximum absolute atomic E-state index is 13.4. The van der Waals surface area contributed by atoms with Gasteiger partial charge in [-0.3, -0.25) is 9.48 Å². The van der Waals surface area contributed by atoms with E-state index in [2.05, 4.69) is 15.4 Å². The fourth-order valence-corrected chi connectivity index (χ4v) is 2.31. The van der Waals surface area contributed by atoms with Crippen molar-refractivity contribution >= 4 is 11.7 Å². The second-order valence-electron chi connectivity index (χ2n) is 5.44. The van der Waals surface area contributed by atoms with Gasteiger partial charge in [-0.15, -0.1) is 0 Å². The molecule has 7 nitrogen and oxygen atoms in total. The van der Waals surface area contributed by atoms with Crippen LogP contribution in [0.2, 0.25) is 0 Å². The highest BCUT2D eigenvalue weighted by atomic mass is 19.4. The predicted octanol–water partition coefficient (Wildman–Crippen LogP) is 1.49. The van der Waals surface area contributed by atoms with Crippen molar-refractivity contribution in [2.75, 3.05) is 5.32 Å². The Balaban J connectivity index is 2.25. The Bertz CT molecular complexity index is 737. The number of nitrogens with zero attached hydrogens (tertiary/aromatic N) is 4. The van der Waals surface area contributed by atoms with Gasteiger partial charge < -0.3 is 15.0 Å². The third kappa shape index (κ3) is 3.28. The summed E-state index contributed by atoms with van der Waals surface area (Å²) < 4.78 is 42.5. The van der Waals surface area contributed by atoms with Crippen LogP contribution in [0.4, 0.5) is 19.0 Å². The van der Waals surface area contributed by atoms with Crippen molar-refractivity contribution < 1.29 is 23.1 Å². The van der Waals surface area contributed by atoms with Crippen molar-refractivity contribution in [1.82, 2.24) is 19.3 Å². The average Bonchev–Trinajstić information content (AvgIpc) is 3.04. The summed E-state index contributed by atoms with van der Waals surface area (Å²) in [5.74, 6) is -1.39. The lowest BCUT2D eigenvalue weighted by Crippen LogP contribution is -2.47. The van der Waals surface area contributed by atoms with Crippen molar-refractivity contribution in [3.8, 4) is 0 Å². The molecule has 1 amide bonds. The highest BCUT2D eigenvalue weighted by molar-refractivity contribution is 5.90. The third-order valence-electron chi connectivity index (χ3n) is 3.64. The average molecular weight is 345 g/mol. The smallest absolute Gasteiger partial charge is 0.374 e. The van der Waals surface area contributed by atoms with Gasteiger partial charge in [0.05, 0.1) is 12.1 Å². The lowest BCUT2D eigenvalue weighted by molar-refractivity contribution is -0.270. The zero-order chi connectivity index (χ0) is 18.1. The van der Waals surface area contributed by atoms with E-state index in [1.165, 1.54) is 17.9 Å². The first-order valence-electron chi connectivity index (χ1n) is 7.18. The van der Waals surface area contributed by atoms with Gasteiger partial charge >= 0.3 is 6.18 Å². The molecule has 2 rings (SSSR count). The van der Waals surface area contributed by atoms with Gasteiger partial charge in [-0.25, -0.2) is 4.98 Å². The van der Waals surface area contributed by atoms with Gasteiger partial charge in [-0.05, 0) is 6.42 Å². The fourth-order valence-electron chi connectivity index (χ4n) is 2.31. The van der Waals surface area contributed by atoms with Crippen LogP contribution in [0.3, 0.4) is 0 Å². The summed E-state index contributed by atoms with van der Waals surface area (Å²) in [6.45, 7) is 1.86. The number of carbonyl (C=O) groups excluding carboxylic acids is 1. The van der Waals surface area contributed by atoms with Crippen molar-refractivity contribution in [3.05, 3.63) is 30.0 Å². The van der Waals surface area contributed by atoms with Crippen LogP contribution in [0.15, 0.2) is 18.5 Å². The number of aromatic nitrogens is 4. The number of halogens is 3. The molecular formula is C14H18F3N5O2. The first-order chi connectivity index (χ1) is 11.1. The Morgan fingerprint density at radius 1 is 1.38 bits per heavy atom. The molecule has 0 saturated heterocycles. The number of aryl methyl sites for hydroxylation is 3. The third-order valence-corrected chi connectivity index (χ3v) is 3.64. The summed E-state index contributed by atoms with van der Waals surface area (Å²) in [7, 11) is 2.87. The summed E-state index contributed by atoms with van der Waals surface area (Å²) in [4.78, 5) is 15.6. The van der Waals surface area contributed by atoms with Gasteiger partial charge in [0.25, 0.3) is 0 Å². The Morgan fingerprint density at radius 2 is 2.04 bits per heavy atom. The van der Waals surface area contributed by atoms with Crippen LogP contribution >= 0.6 is 0 Å². The lowest BCUT2D eigenvalue weighted by atomic mass is 9.97. The molecule has 0 aliphatic carbocycles. The van der Waals surface area contributed by atoms with Crippen LogP contribution in [0.1, 0.15) is 24.9 Å². The molecule has 2 aromatic heterocycles. The van der Waals surface area contributed by atoms with E-state index in [1.807, 2.05) is 6.92 Å². The Kier molecular flexibility index (Phi) is 4.70. The molecule has 1 atom stereocenters. The Labute approximate surface area is 136 Å². The summed E-state index contributed by atoms with van der Waals surface area (Å²) in [5.41, 5.74) is -2.70. The molecule has 10 heteroatoms. The van der Waals surface area contributed by atoms with E-state index in [-0.39, 0.29) is 5.82 Å². The largest absolute Gasteiger partial charge is 0.425 e. The van der Waals surface area contributed by atoms with E-state index in [4.69, 9.17) is 0 Å². The maximum atomic E-state index is 13.4. The zero-order valence-corrected chi connectivity index (χ0v) is 13.4. The molecule has 2 N–H and O–H groups in total. The second-order valence-corrected chi connectivity index (χ2v) is 5.44. The number of rotatable bonds is 5. The van der Waals surface area contributed by atoms with Crippen LogP contribution in [0.5, 0.6) is 0 Å². The number of hydrogen-bond donors (Lipinski definition) is 2. The van der Waals surface area contributed by atoms with Gasteiger partial charge in [0, 0.05) is 32.6 Å². The SMILES string of the molecule is CCc1cc(NC(=O)CC(O)(c2nccn2C)C(F)(F)F)n(C)n1. The first-order valence-corrected chi connectivity index (χ1v) is 7.18. The van der Waals surface area contributed by atoms with E-state index >= 15 is 0 Å². The Hall–Kier alpha value is -2.36. The molecule has 0 aliphatic heterocycles. The zero-order valence-electron chi connectivity index (χ0n) is 13.4. The molecule has 0 aromatic carbocycles. The van der Waals surface area contributed by atoms with Crippen LogP contribution in [-0.2, 0) is 30.9 Å². The number of carbonyl (C=O) groups is 1. The predicted molar refractivity (Wildman–Crippen MR) is 79.0 cm³/mol. The standard InChI is InChI=1S/C14H18F3N5O2/c1-4-9-7-10(22(3)20-9)19-11(23)8-13(24,14(15,16)17)12-18-5-6-21(12)2/h5-7,24H,4,8H2,1-3H3,(H,19,23). The number of alkyl halides is 3. The number of nitrogens with one attached hydrogen (secondary N) is 1. The van der Waals surface area contributed by atoms with Gasteiger partial charge in [0.1, 0.15) is 5.82 Å². The minimum atomic E-state index is -5.06. The summed E-state index contributed by atoms with van der Waals surface area (Å²) in [5, 5.41) is 16.6. The van der Waals surface area contributed by atoms with Gasteiger partial charge in [0.15, 0.2) is 5.82 Å². The number of anilines is 1. The first kappa shape index (κ1) is 18.0. The molecule has 24 heavy (non-hydrogen) atoms. The Morgan fingerprint density at radius 3 is 2.50 bits per heavy atom. The second kappa shape index (κ2) is 6.27. The molecule has 0 radical (unpaired) electrons. The van der Waals surface area contributed by atoms with Crippen LogP contribution in [-0.4, -0.2) is 36.5 Å². The monoisotopic (exact) mass is 345 g/mol. The highest BCUT2D eigenvalue weighted by Gasteiger charge is 2.58. The summed E-state index contributed by atoms with van der Waals surface area (Å²) in [6, 6.07) is 1.56.